The zero-order chi connectivity index (χ0) is 12.4. The van der Waals surface area contributed by atoms with E-state index in [0.717, 1.165) is 6.42 Å². The van der Waals surface area contributed by atoms with Crippen molar-refractivity contribution in [2.75, 3.05) is 6.61 Å². The third-order valence-electron chi connectivity index (χ3n) is 2.78. The zero-order valence-corrected chi connectivity index (χ0v) is 10.9. The fourth-order valence-electron chi connectivity index (χ4n) is 1.85. The molecule has 1 fully saturated rings. The van der Waals surface area contributed by atoms with Crippen LogP contribution in [0.5, 0.6) is 0 Å². The molecule has 0 spiro atoms. The highest BCUT2D eigenvalue weighted by molar-refractivity contribution is 7.84. The minimum Gasteiger partial charge on any atom is -0.390 e. The number of rotatable bonds is 4. The van der Waals surface area contributed by atoms with Crippen molar-refractivity contribution >= 4 is 10.3 Å². The lowest BCUT2D eigenvalue weighted by Crippen LogP contribution is -2.51. The van der Waals surface area contributed by atoms with Gasteiger partial charge in [0.15, 0.2) is 0 Å². The van der Waals surface area contributed by atoms with Crippen LogP contribution in [-0.4, -0.2) is 31.3 Å². The van der Waals surface area contributed by atoms with Gasteiger partial charge in [-0.2, -0.15) is 13.1 Å². The largest absolute Gasteiger partial charge is 0.390 e. The summed E-state index contributed by atoms with van der Waals surface area (Å²) in [6.07, 6.45) is 2.81. The van der Waals surface area contributed by atoms with Gasteiger partial charge in [0.1, 0.15) is 0 Å². The summed E-state index contributed by atoms with van der Waals surface area (Å²) in [5, 5.41) is 9.57. The van der Waals surface area contributed by atoms with E-state index >= 15 is 0 Å². The van der Waals surface area contributed by atoms with Crippen LogP contribution in [0.15, 0.2) is 0 Å². The van der Waals surface area contributed by atoms with Gasteiger partial charge >= 0.3 is 10.3 Å². The van der Waals surface area contributed by atoms with Gasteiger partial charge in [-0.15, -0.1) is 0 Å². The van der Waals surface area contributed by atoms with Gasteiger partial charge in [-0.1, -0.05) is 0 Å². The Hall–Kier alpha value is -0.170. The maximum atomic E-state index is 11.2. The third-order valence-corrected chi connectivity index (χ3v) is 4.00. The highest BCUT2D eigenvalue weighted by Crippen LogP contribution is 2.25. The smallest absolute Gasteiger partial charge is 0.336 e. The lowest BCUT2D eigenvalue weighted by atomic mass is 9.90. The predicted octanol–water partition coefficient (Wildman–Crippen LogP) is 0.941. The third kappa shape index (κ3) is 4.78. The second kappa shape index (κ2) is 4.60. The molecule has 1 atom stereocenters. The Morgan fingerprint density at radius 1 is 1.50 bits per heavy atom. The lowest BCUT2D eigenvalue weighted by molar-refractivity contribution is 0.0649. The molecule has 16 heavy (non-hydrogen) atoms. The van der Waals surface area contributed by atoms with E-state index in [0.29, 0.717) is 19.3 Å². The lowest BCUT2D eigenvalue weighted by Gasteiger charge is -2.34. The van der Waals surface area contributed by atoms with Gasteiger partial charge in [-0.3, -0.25) is 4.18 Å². The molecule has 96 valence electrons. The standard InChI is InChI=1S/C10H21NO4S/c1-9(2,12)5-4-6-10(3)7-8-15-16(13,14)11-10/h11-12H,4-8H2,1-3H3. The molecular formula is C10H21NO4S. The first-order chi connectivity index (χ1) is 7.12. The zero-order valence-electron chi connectivity index (χ0n) is 10.1. The summed E-state index contributed by atoms with van der Waals surface area (Å²) < 4.78 is 29.6. The molecule has 5 nitrogen and oxygen atoms in total. The molecule has 2 N–H and O–H groups in total. The van der Waals surface area contributed by atoms with E-state index in [1.165, 1.54) is 0 Å². The summed E-state index contributed by atoms with van der Waals surface area (Å²) in [4.78, 5) is 0. The quantitative estimate of drug-likeness (QED) is 0.779. The number of aliphatic hydroxyl groups is 1. The van der Waals surface area contributed by atoms with Gasteiger partial charge in [0, 0.05) is 5.54 Å². The number of hydrogen-bond acceptors (Lipinski definition) is 4. The van der Waals surface area contributed by atoms with Crippen molar-refractivity contribution in [1.82, 2.24) is 4.72 Å². The van der Waals surface area contributed by atoms with Crippen LogP contribution in [0, 0.1) is 0 Å². The van der Waals surface area contributed by atoms with Crippen LogP contribution in [0.1, 0.15) is 46.5 Å². The molecule has 0 amide bonds. The molecule has 1 aliphatic heterocycles. The van der Waals surface area contributed by atoms with E-state index in [9.17, 15) is 13.5 Å². The normalized spacial score (nSPS) is 30.2. The topological polar surface area (TPSA) is 75.6 Å². The highest BCUT2D eigenvalue weighted by atomic mass is 32.2. The molecule has 1 saturated heterocycles. The molecule has 6 heteroatoms. The van der Waals surface area contributed by atoms with Crippen LogP contribution in [0.2, 0.25) is 0 Å². The molecule has 0 bridgehead atoms. The molecule has 0 saturated carbocycles. The maximum Gasteiger partial charge on any atom is 0.336 e. The van der Waals surface area contributed by atoms with Crippen molar-refractivity contribution in [3.63, 3.8) is 0 Å². The second-order valence-electron chi connectivity index (χ2n) is 5.35. The maximum absolute atomic E-state index is 11.2. The summed E-state index contributed by atoms with van der Waals surface area (Å²) in [6, 6.07) is 0. The van der Waals surface area contributed by atoms with E-state index in [1.807, 2.05) is 6.92 Å². The van der Waals surface area contributed by atoms with Gasteiger partial charge < -0.3 is 5.11 Å². The molecule has 0 aliphatic carbocycles. The Kier molecular flexibility index (Phi) is 3.99. The first kappa shape index (κ1) is 13.9. The fourth-order valence-corrected chi connectivity index (χ4v) is 3.02. The van der Waals surface area contributed by atoms with Crippen LogP contribution in [-0.2, 0) is 14.5 Å². The molecule has 1 heterocycles. The summed E-state index contributed by atoms with van der Waals surface area (Å²) in [7, 11) is -3.57. The first-order valence-electron chi connectivity index (χ1n) is 5.53. The van der Waals surface area contributed by atoms with Gasteiger partial charge in [-0.05, 0) is 46.5 Å². The van der Waals surface area contributed by atoms with Gasteiger partial charge in [0.2, 0.25) is 0 Å². The Bertz CT molecular complexity index is 333. The molecule has 0 radical (unpaired) electrons. The van der Waals surface area contributed by atoms with Crippen molar-refractivity contribution in [3.05, 3.63) is 0 Å². The van der Waals surface area contributed by atoms with Gasteiger partial charge in [0.05, 0.1) is 12.2 Å². The van der Waals surface area contributed by atoms with Crippen molar-refractivity contribution in [2.45, 2.75) is 57.6 Å². The van der Waals surface area contributed by atoms with E-state index in [-0.39, 0.29) is 6.61 Å². The minimum absolute atomic E-state index is 0.231. The molecule has 1 rings (SSSR count). The van der Waals surface area contributed by atoms with E-state index in [1.54, 1.807) is 13.8 Å². The molecule has 1 unspecified atom stereocenters. The van der Waals surface area contributed by atoms with E-state index in [4.69, 9.17) is 0 Å². The van der Waals surface area contributed by atoms with Crippen molar-refractivity contribution in [3.8, 4) is 0 Å². The number of nitrogens with one attached hydrogen (secondary N) is 1. The Labute approximate surface area is 97.4 Å². The number of hydrogen-bond donors (Lipinski definition) is 2. The van der Waals surface area contributed by atoms with Crippen LogP contribution in [0.3, 0.4) is 0 Å². The average Bonchev–Trinajstić information content (AvgIpc) is 1.97. The second-order valence-corrected chi connectivity index (χ2v) is 6.70. The fraction of sp³-hybridized carbons (Fsp3) is 1.00. The Morgan fingerprint density at radius 2 is 2.12 bits per heavy atom. The van der Waals surface area contributed by atoms with Gasteiger partial charge in [-0.25, -0.2) is 0 Å². The van der Waals surface area contributed by atoms with Crippen LogP contribution in [0.4, 0.5) is 0 Å². The molecule has 0 aromatic rings. The van der Waals surface area contributed by atoms with E-state index in [2.05, 4.69) is 8.91 Å². The summed E-state index contributed by atoms with van der Waals surface area (Å²) in [5.74, 6) is 0. The summed E-state index contributed by atoms with van der Waals surface area (Å²) in [6.45, 7) is 5.61. The predicted molar refractivity (Wildman–Crippen MR) is 61.2 cm³/mol. The average molecular weight is 251 g/mol. The molecule has 0 aromatic heterocycles. The van der Waals surface area contributed by atoms with Crippen molar-refractivity contribution < 1.29 is 17.7 Å². The minimum atomic E-state index is -3.57. The van der Waals surface area contributed by atoms with Crippen molar-refractivity contribution in [1.29, 1.82) is 0 Å². The monoisotopic (exact) mass is 251 g/mol. The molecule has 0 aromatic carbocycles. The Balaban J connectivity index is 2.46. The Morgan fingerprint density at radius 3 is 2.62 bits per heavy atom. The molecule has 1 aliphatic rings. The van der Waals surface area contributed by atoms with E-state index < -0.39 is 21.4 Å². The summed E-state index contributed by atoms with van der Waals surface area (Å²) >= 11 is 0. The molecular weight excluding hydrogens is 230 g/mol. The van der Waals surface area contributed by atoms with Crippen molar-refractivity contribution in [2.24, 2.45) is 0 Å². The van der Waals surface area contributed by atoms with Crippen LogP contribution < -0.4 is 4.72 Å². The first-order valence-corrected chi connectivity index (χ1v) is 6.94. The SMILES string of the molecule is CC(C)(O)CCCC1(C)CCOS(=O)(=O)N1. The highest BCUT2D eigenvalue weighted by Gasteiger charge is 2.34. The van der Waals surface area contributed by atoms with Crippen LogP contribution >= 0.6 is 0 Å². The van der Waals surface area contributed by atoms with Crippen LogP contribution in [0.25, 0.3) is 0 Å². The summed E-state index contributed by atoms with van der Waals surface area (Å²) in [5.41, 5.74) is -1.14. The van der Waals surface area contributed by atoms with Gasteiger partial charge in [0.25, 0.3) is 0 Å².